The number of nitrogens with zero attached hydrogens (tertiary/aromatic N) is 5. The van der Waals surface area contributed by atoms with Crippen molar-refractivity contribution >= 4 is 11.7 Å². The standard InChI is InChI=1S/C34H47N5O3/c1-22-28(25-9-10-26-20-38(15-11-24(26)19-25)21-27-35-14-18-37(27)8)30(39-16-12-34(6,7)13-17-39)29(23(2)36-22)31(32(40)41)42-33(3,4)5/h9-10,14,18-19,31H,11-13,15-17,20-21H2,1-8H3,(H,40,41)/t31-/m0/s1. The predicted molar refractivity (Wildman–Crippen MR) is 167 cm³/mol. The Morgan fingerprint density at radius 3 is 2.43 bits per heavy atom. The largest absolute Gasteiger partial charge is 0.479 e. The van der Waals surface area contributed by atoms with Crippen LogP contribution in [0, 0.1) is 19.3 Å². The first-order valence-electron chi connectivity index (χ1n) is 15.2. The molecular formula is C34H47N5O3. The van der Waals surface area contributed by atoms with Gasteiger partial charge in [-0.3, -0.25) is 9.88 Å². The molecule has 0 unspecified atom stereocenters. The van der Waals surface area contributed by atoms with Gasteiger partial charge >= 0.3 is 5.97 Å². The summed E-state index contributed by atoms with van der Waals surface area (Å²) in [7, 11) is 2.04. The number of imidazole rings is 1. The van der Waals surface area contributed by atoms with Crippen molar-refractivity contribution in [1.82, 2.24) is 19.4 Å². The van der Waals surface area contributed by atoms with E-state index in [1.54, 1.807) is 0 Å². The van der Waals surface area contributed by atoms with Gasteiger partial charge in [0.25, 0.3) is 0 Å². The van der Waals surface area contributed by atoms with E-state index in [4.69, 9.17) is 9.72 Å². The lowest BCUT2D eigenvalue weighted by molar-refractivity contribution is -0.160. The summed E-state index contributed by atoms with van der Waals surface area (Å²) in [6.45, 7) is 18.7. The van der Waals surface area contributed by atoms with Crippen LogP contribution in [0.5, 0.6) is 0 Å². The van der Waals surface area contributed by atoms with Gasteiger partial charge in [-0.1, -0.05) is 32.0 Å². The lowest BCUT2D eigenvalue weighted by atomic mass is 9.81. The Kier molecular flexibility index (Phi) is 8.25. The Labute approximate surface area is 250 Å². The van der Waals surface area contributed by atoms with E-state index >= 15 is 0 Å². The Bertz CT molecular complexity index is 1460. The average molecular weight is 574 g/mol. The highest BCUT2D eigenvalue weighted by atomic mass is 16.5. The summed E-state index contributed by atoms with van der Waals surface area (Å²) in [5.41, 5.74) is 7.71. The van der Waals surface area contributed by atoms with Crippen LogP contribution >= 0.6 is 0 Å². The number of ether oxygens (including phenoxy) is 1. The molecule has 42 heavy (non-hydrogen) atoms. The van der Waals surface area contributed by atoms with E-state index in [0.29, 0.717) is 5.56 Å². The number of anilines is 1. The summed E-state index contributed by atoms with van der Waals surface area (Å²) in [4.78, 5) is 27.1. The maximum Gasteiger partial charge on any atom is 0.337 e. The number of hydrogen-bond donors (Lipinski definition) is 1. The number of aliphatic carboxylic acids is 1. The van der Waals surface area contributed by atoms with E-state index in [2.05, 4.69) is 58.3 Å². The Balaban J connectivity index is 1.59. The second kappa shape index (κ2) is 11.5. The number of benzene rings is 1. The van der Waals surface area contributed by atoms with Gasteiger partial charge in [0, 0.05) is 68.1 Å². The molecule has 0 spiro atoms. The lowest BCUT2D eigenvalue weighted by Crippen LogP contribution is -2.39. The van der Waals surface area contributed by atoms with Crippen LogP contribution in [0.2, 0.25) is 0 Å². The minimum absolute atomic E-state index is 0.259. The molecule has 0 radical (unpaired) electrons. The topological polar surface area (TPSA) is 83.7 Å². The highest BCUT2D eigenvalue weighted by molar-refractivity contribution is 5.88. The summed E-state index contributed by atoms with van der Waals surface area (Å²) < 4.78 is 8.33. The molecule has 5 rings (SSSR count). The molecule has 0 bridgehead atoms. The van der Waals surface area contributed by atoms with Crippen molar-refractivity contribution in [3.63, 3.8) is 0 Å². The molecule has 8 heteroatoms. The van der Waals surface area contributed by atoms with Gasteiger partial charge in [-0.2, -0.15) is 0 Å². The van der Waals surface area contributed by atoms with E-state index < -0.39 is 17.7 Å². The van der Waals surface area contributed by atoms with Crippen molar-refractivity contribution in [3.05, 3.63) is 64.5 Å². The molecule has 0 saturated carbocycles. The van der Waals surface area contributed by atoms with Gasteiger partial charge in [0.1, 0.15) is 5.82 Å². The summed E-state index contributed by atoms with van der Waals surface area (Å²) in [5, 5.41) is 10.5. The number of fused-ring (bicyclic) bond motifs is 1. The van der Waals surface area contributed by atoms with Gasteiger partial charge < -0.3 is 19.3 Å². The molecule has 1 N–H and O–H groups in total. The van der Waals surface area contributed by atoms with Crippen LogP contribution in [-0.4, -0.2) is 55.7 Å². The maximum absolute atomic E-state index is 12.8. The molecule has 2 aliphatic heterocycles. The minimum Gasteiger partial charge on any atom is -0.479 e. The molecular weight excluding hydrogens is 526 g/mol. The molecule has 0 aliphatic carbocycles. The van der Waals surface area contributed by atoms with Crippen LogP contribution < -0.4 is 4.90 Å². The number of hydrogen-bond acceptors (Lipinski definition) is 6. The molecule has 1 aromatic carbocycles. The van der Waals surface area contributed by atoms with E-state index in [-0.39, 0.29) is 5.41 Å². The average Bonchev–Trinajstić information content (AvgIpc) is 3.30. The molecule has 1 atom stereocenters. The molecule has 4 heterocycles. The first-order valence-corrected chi connectivity index (χ1v) is 15.2. The highest BCUT2D eigenvalue weighted by Gasteiger charge is 2.36. The molecule has 2 aliphatic rings. The summed E-state index contributed by atoms with van der Waals surface area (Å²) >= 11 is 0. The van der Waals surface area contributed by atoms with Gasteiger partial charge in [-0.05, 0) is 76.0 Å². The van der Waals surface area contributed by atoms with Crippen molar-refractivity contribution in [2.24, 2.45) is 12.5 Å². The highest BCUT2D eigenvalue weighted by Crippen LogP contribution is 2.45. The van der Waals surface area contributed by atoms with E-state index in [9.17, 15) is 9.90 Å². The van der Waals surface area contributed by atoms with E-state index in [1.165, 1.54) is 11.1 Å². The molecule has 1 saturated heterocycles. The van der Waals surface area contributed by atoms with Gasteiger partial charge in [0.2, 0.25) is 0 Å². The number of carboxylic acids is 1. The van der Waals surface area contributed by atoms with Gasteiger partial charge in [0.05, 0.1) is 17.8 Å². The Hall–Kier alpha value is -3.23. The van der Waals surface area contributed by atoms with E-state index in [0.717, 1.165) is 86.0 Å². The fourth-order valence-electron chi connectivity index (χ4n) is 6.41. The van der Waals surface area contributed by atoms with Crippen LogP contribution in [0.1, 0.15) is 87.5 Å². The summed E-state index contributed by atoms with van der Waals surface area (Å²) in [6, 6.07) is 6.76. The second-order valence-electron chi connectivity index (χ2n) is 13.9. The monoisotopic (exact) mass is 573 g/mol. The van der Waals surface area contributed by atoms with Crippen molar-refractivity contribution < 1.29 is 14.6 Å². The second-order valence-corrected chi connectivity index (χ2v) is 13.9. The quantitative estimate of drug-likeness (QED) is 0.359. The molecule has 1 fully saturated rings. The zero-order valence-electron chi connectivity index (χ0n) is 26.6. The number of rotatable bonds is 7. The zero-order valence-corrected chi connectivity index (χ0v) is 26.6. The van der Waals surface area contributed by atoms with Crippen molar-refractivity contribution in [1.29, 1.82) is 0 Å². The first kappa shape index (κ1) is 30.2. The van der Waals surface area contributed by atoms with Crippen LogP contribution in [0.3, 0.4) is 0 Å². The number of piperidine rings is 1. The molecule has 8 nitrogen and oxygen atoms in total. The smallest absolute Gasteiger partial charge is 0.337 e. The molecule has 2 aromatic heterocycles. The fraction of sp³-hybridized carbons (Fsp3) is 0.559. The molecule has 0 amide bonds. The van der Waals surface area contributed by atoms with Gasteiger partial charge in [0.15, 0.2) is 6.10 Å². The summed E-state index contributed by atoms with van der Waals surface area (Å²) in [6.07, 6.45) is 5.78. The normalized spacial score (nSPS) is 18.1. The third kappa shape index (κ3) is 6.40. The number of carboxylic acid groups (broad SMARTS) is 1. The van der Waals surface area contributed by atoms with Crippen molar-refractivity contribution in [3.8, 4) is 11.1 Å². The van der Waals surface area contributed by atoms with Crippen molar-refractivity contribution in [2.75, 3.05) is 24.5 Å². The van der Waals surface area contributed by atoms with Crippen LogP contribution in [0.4, 0.5) is 5.69 Å². The predicted octanol–water partition coefficient (Wildman–Crippen LogP) is 6.22. The van der Waals surface area contributed by atoms with Crippen LogP contribution in [0.25, 0.3) is 11.1 Å². The number of pyridine rings is 1. The van der Waals surface area contributed by atoms with Gasteiger partial charge in [-0.15, -0.1) is 0 Å². The van der Waals surface area contributed by atoms with E-state index in [1.807, 2.05) is 47.1 Å². The third-order valence-electron chi connectivity index (χ3n) is 8.84. The Morgan fingerprint density at radius 2 is 1.81 bits per heavy atom. The number of carbonyl (C=O) groups is 1. The zero-order chi connectivity index (χ0) is 30.4. The minimum atomic E-state index is -1.11. The fourth-order valence-corrected chi connectivity index (χ4v) is 6.41. The number of aromatic nitrogens is 3. The van der Waals surface area contributed by atoms with Gasteiger partial charge in [-0.25, -0.2) is 9.78 Å². The molecule has 3 aromatic rings. The SMILES string of the molecule is Cc1nc(C)c([C@H](OC(C)(C)C)C(=O)O)c(N2CCC(C)(C)CC2)c1-c1ccc2c(c1)CCN(Cc1nccn1C)C2. The molecule has 226 valence electrons. The van der Waals surface area contributed by atoms with Crippen LogP contribution in [-0.2, 0) is 36.1 Å². The van der Waals surface area contributed by atoms with Crippen molar-refractivity contribution in [2.45, 2.75) is 92.5 Å². The lowest BCUT2D eigenvalue weighted by Gasteiger charge is -2.41. The summed E-state index contributed by atoms with van der Waals surface area (Å²) in [5.74, 6) is 0.0882. The third-order valence-corrected chi connectivity index (χ3v) is 8.84. The Morgan fingerprint density at radius 1 is 1.10 bits per heavy atom. The first-order chi connectivity index (χ1) is 19.7. The van der Waals surface area contributed by atoms with Crippen LogP contribution in [0.15, 0.2) is 30.6 Å². The maximum atomic E-state index is 12.8. The number of aryl methyl sites for hydroxylation is 3.